The number of thiazole rings is 1. The predicted octanol–water partition coefficient (Wildman–Crippen LogP) is 3.60. The van der Waals surface area contributed by atoms with Gasteiger partial charge in [-0.05, 0) is 19.1 Å². The molecule has 3 aromatic heterocycles. The normalized spacial score (nSPS) is 12.4. The highest BCUT2D eigenvalue weighted by molar-refractivity contribution is 7.98. The number of nitrogens with zero attached hydrogens (tertiary/aromatic N) is 5. The molecule has 7 nitrogen and oxygen atoms in total. The average molecular weight is 435 g/mol. The maximum absolute atomic E-state index is 13.8. The predicted molar refractivity (Wildman–Crippen MR) is 105 cm³/mol. The van der Waals surface area contributed by atoms with E-state index in [0.717, 1.165) is 12.1 Å². The van der Waals surface area contributed by atoms with Gasteiger partial charge in [-0.3, -0.25) is 9.20 Å². The molecule has 0 saturated heterocycles. The Morgan fingerprint density at radius 3 is 2.90 bits per heavy atom. The standard InChI is InChI=1S/C18H15F2N5O2S2/c1-10(27-14-4-3-11(19)7-13(14)20)16-22-23-18(24(16)2)29-9-12-8-15(26)25-5-6-28-17(25)21-12/h3-8,10H,9H2,1-2H3. The second-order valence-electron chi connectivity index (χ2n) is 6.16. The quantitative estimate of drug-likeness (QED) is 0.431. The molecule has 11 heteroatoms. The Hall–Kier alpha value is -2.79. The van der Waals surface area contributed by atoms with E-state index in [0.29, 0.717) is 27.4 Å². The van der Waals surface area contributed by atoms with Gasteiger partial charge in [0, 0.05) is 36.5 Å². The van der Waals surface area contributed by atoms with Crippen LogP contribution in [0.4, 0.5) is 8.78 Å². The van der Waals surface area contributed by atoms with Crippen molar-refractivity contribution in [2.75, 3.05) is 0 Å². The van der Waals surface area contributed by atoms with E-state index in [1.54, 1.807) is 30.1 Å². The molecule has 0 N–H and O–H groups in total. The molecule has 0 radical (unpaired) electrons. The van der Waals surface area contributed by atoms with Crippen molar-refractivity contribution < 1.29 is 13.5 Å². The molecule has 4 aromatic rings. The fourth-order valence-electron chi connectivity index (χ4n) is 2.72. The molecule has 0 aliphatic rings. The number of hydrogen-bond acceptors (Lipinski definition) is 7. The fourth-order valence-corrected chi connectivity index (χ4v) is 4.27. The van der Waals surface area contributed by atoms with E-state index in [1.807, 2.05) is 0 Å². The first-order valence-corrected chi connectivity index (χ1v) is 10.4. The van der Waals surface area contributed by atoms with Crippen molar-refractivity contribution in [1.82, 2.24) is 24.1 Å². The van der Waals surface area contributed by atoms with Crippen LogP contribution in [0, 0.1) is 11.6 Å². The zero-order valence-corrected chi connectivity index (χ0v) is 17.0. The number of thioether (sulfide) groups is 1. The molecule has 0 bridgehead atoms. The summed E-state index contributed by atoms with van der Waals surface area (Å²) in [5, 5.41) is 10.7. The van der Waals surface area contributed by atoms with E-state index >= 15 is 0 Å². The fraction of sp³-hybridized carbons (Fsp3) is 0.222. The van der Waals surface area contributed by atoms with Crippen LogP contribution >= 0.6 is 23.1 Å². The molecule has 3 heterocycles. The summed E-state index contributed by atoms with van der Waals surface area (Å²) in [7, 11) is 1.77. The topological polar surface area (TPSA) is 74.3 Å². The highest BCUT2D eigenvalue weighted by Gasteiger charge is 2.19. The van der Waals surface area contributed by atoms with Crippen molar-refractivity contribution in [3.63, 3.8) is 0 Å². The molecule has 0 aliphatic heterocycles. The summed E-state index contributed by atoms with van der Waals surface area (Å²) in [6, 6.07) is 4.62. The summed E-state index contributed by atoms with van der Waals surface area (Å²) < 4.78 is 35.6. The lowest BCUT2D eigenvalue weighted by Crippen LogP contribution is -2.12. The first kappa shape index (κ1) is 19.5. The Balaban J connectivity index is 1.48. The SMILES string of the molecule is CC(Oc1ccc(F)cc1F)c1nnc(SCc2cc(=O)n3ccsc3n2)n1C. The van der Waals surface area contributed by atoms with Crippen molar-refractivity contribution in [2.45, 2.75) is 23.9 Å². The minimum absolute atomic E-state index is 0.0648. The van der Waals surface area contributed by atoms with Crippen molar-refractivity contribution in [1.29, 1.82) is 0 Å². The number of benzene rings is 1. The first-order valence-electron chi connectivity index (χ1n) is 8.52. The van der Waals surface area contributed by atoms with Crippen molar-refractivity contribution in [3.8, 4) is 5.75 Å². The molecule has 0 spiro atoms. The van der Waals surface area contributed by atoms with E-state index in [-0.39, 0.29) is 11.3 Å². The van der Waals surface area contributed by atoms with Gasteiger partial charge in [-0.15, -0.1) is 21.5 Å². The largest absolute Gasteiger partial charge is 0.480 e. The van der Waals surface area contributed by atoms with Crippen molar-refractivity contribution in [2.24, 2.45) is 7.05 Å². The van der Waals surface area contributed by atoms with Gasteiger partial charge in [-0.2, -0.15) is 0 Å². The molecular formula is C18H15F2N5O2S2. The summed E-state index contributed by atoms with van der Waals surface area (Å²) in [5.41, 5.74) is 0.513. The van der Waals surface area contributed by atoms with Gasteiger partial charge in [-0.25, -0.2) is 13.8 Å². The summed E-state index contributed by atoms with van der Waals surface area (Å²) in [5.74, 6) is -0.593. The lowest BCUT2D eigenvalue weighted by atomic mass is 10.3. The third-order valence-electron chi connectivity index (χ3n) is 4.14. The Labute approximate surface area is 172 Å². The molecule has 0 amide bonds. The maximum atomic E-state index is 13.8. The average Bonchev–Trinajstić information content (AvgIpc) is 3.29. The lowest BCUT2D eigenvalue weighted by molar-refractivity contribution is 0.201. The van der Waals surface area contributed by atoms with Crippen molar-refractivity contribution >= 4 is 28.1 Å². The van der Waals surface area contributed by atoms with Gasteiger partial charge in [0.2, 0.25) is 0 Å². The second-order valence-corrected chi connectivity index (χ2v) is 7.98. The van der Waals surface area contributed by atoms with Gasteiger partial charge < -0.3 is 9.30 Å². The lowest BCUT2D eigenvalue weighted by Gasteiger charge is -2.14. The van der Waals surface area contributed by atoms with E-state index in [9.17, 15) is 13.6 Å². The van der Waals surface area contributed by atoms with Crippen molar-refractivity contribution in [3.05, 3.63) is 69.3 Å². The van der Waals surface area contributed by atoms with Crippen LogP contribution < -0.4 is 10.3 Å². The van der Waals surface area contributed by atoms with Crippen LogP contribution in [0.3, 0.4) is 0 Å². The van der Waals surface area contributed by atoms with Crippen LogP contribution in [-0.2, 0) is 12.8 Å². The van der Waals surface area contributed by atoms with E-state index in [1.165, 1.54) is 39.6 Å². The van der Waals surface area contributed by atoms with Gasteiger partial charge in [0.05, 0.1) is 5.69 Å². The van der Waals surface area contributed by atoms with Crippen LogP contribution in [0.2, 0.25) is 0 Å². The van der Waals surface area contributed by atoms with Crippen LogP contribution in [-0.4, -0.2) is 24.1 Å². The van der Waals surface area contributed by atoms with Crippen LogP contribution in [0.1, 0.15) is 24.5 Å². The van der Waals surface area contributed by atoms with Gasteiger partial charge in [0.25, 0.3) is 5.56 Å². The van der Waals surface area contributed by atoms with E-state index < -0.39 is 17.7 Å². The Morgan fingerprint density at radius 1 is 1.28 bits per heavy atom. The molecular weight excluding hydrogens is 420 g/mol. The molecule has 1 atom stereocenters. The minimum Gasteiger partial charge on any atom is -0.480 e. The summed E-state index contributed by atoms with van der Waals surface area (Å²) in [4.78, 5) is 17.2. The van der Waals surface area contributed by atoms with Crippen LogP contribution in [0.5, 0.6) is 5.75 Å². The number of aromatic nitrogens is 5. The maximum Gasteiger partial charge on any atom is 0.258 e. The summed E-state index contributed by atoms with van der Waals surface area (Å²) >= 11 is 2.76. The summed E-state index contributed by atoms with van der Waals surface area (Å²) in [6.07, 6.45) is 1.08. The molecule has 150 valence electrons. The van der Waals surface area contributed by atoms with Gasteiger partial charge >= 0.3 is 0 Å². The Kier molecular flexibility index (Phi) is 5.33. The Bertz CT molecular complexity index is 1240. The highest BCUT2D eigenvalue weighted by atomic mass is 32.2. The Morgan fingerprint density at radius 2 is 2.10 bits per heavy atom. The molecule has 4 rings (SSSR count). The monoisotopic (exact) mass is 435 g/mol. The highest BCUT2D eigenvalue weighted by Crippen LogP contribution is 2.27. The van der Waals surface area contributed by atoms with Crippen LogP contribution in [0.15, 0.2) is 45.8 Å². The number of halogens is 2. The molecule has 0 saturated carbocycles. The second kappa shape index (κ2) is 7.91. The zero-order valence-electron chi connectivity index (χ0n) is 15.4. The molecule has 1 unspecified atom stereocenters. The first-order chi connectivity index (χ1) is 13.9. The molecule has 29 heavy (non-hydrogen) atoms. The zero-order chi connectivity index (χ0) is 20.5. The minimum atomic E-state index is -0.782. The number of hydrogen-bond donors (Lipinski definition) is 0. The van der Waals surface area contributed by atoms with Gasteiger partial charge in [0.15, 0.2) is 33.6 Å². The van der Waals surface area contributed by atoms with Gasteiger partial charge in [-0.1, -0.05) is 11.8 Å². The van der Waals surface area contributed by atoms with E-state index in [4.69, 9.17) is 4.74 Å². The van der Waals surface area contributed by atoms with Crippen LogP contribution in [0.25, 0.3) is 4.96 Å². The third kappa shape index (κ3) is 4.01. The summed E-state index contributed by atoms with van der Waals surface area (Å²) in [6.45, 7) is 1.70. The molecule has 0 fully saturated rings. The van der Waals surface area contributed by atoms with Gasteiger partial charge in [0.1, 0.15) is 5.82 Å². The number of ether oxygens (including phenoxy) is 1. The molecule has 0 aliphatic carbocycles. The van der Waals surface area contributed by atoms with E-state index in [2.05, 4.69) is 15.2 Å². The smallest absolute Gasteiger partial charge is 0.258 e. The third-order valence-corrected chi connectivity index (χ3v) is 5.95. The number of rotatable bonds is 6. The molecule has 1 aromatic carbocycles. The number of fused-ring (bicyclic) bond motifs is 1.